The highest BCUT2D eigenvalue weighted by Crippen LogP contribution is 2.20. The summed E-state index contributed by atoms with van der Waals surface area (Å²) in [6.45, 7) is 2.34. The summed E-state index contributed by atoms with van der Waals surface area (Å²) in [5.41, 5.74) is 0. The summed E-state index contributed by atoms with van der Waals surface area (Å²) < 4.78 is 2.89. The Morgan fingerprint density at radius 3 is 2.65 bits per heavy atom. The van der Waals surface area contributed by atoms with Crippen molar-refractivity contribution in [1.82, 2.24) is 19.5 Å². The minimum Gasteiger partial charge on any atom is -0.332 e. The minimum atomic E-state index is 0.689. The van der Waals surface area contributed by atoms with Crippen LogP contribution in [0.25, 0.3) is 0 Å². The Morgan fingerprint density at radius 1 is 1.12 bits per heavy atom. The van der Waals surface area contributed by atoms with Gasteiger partial charge >= 0.3 is 0 Å². The number of imidazole rings is 1. The zero-order valence-corrected chi connectivity index (χ0v) is 11.2. The molecule has 0 N–H and O–H groups in total. The summed E-state index contributed by atoms with van der Waals surface area (Å²) in [4.78, 5) is 14.9. The fourth-order valence-electron chi connectivity index (χ4n) is 1.86. The maximum Gasteiger partial charge on any atom is 0.225 e. The first-order valence-corrected chi connectivity index (χ1v) is 6.33. The molecule has 0 aromatic carbocycles. The number of anilines is 1. The third-order valence-electron chi connectivity index (χ3n) is 2.70. The van der Waals surface area contributed by atoms with E-state index in [2.05, 4.69) is 35.8 Å². The molecule has 0 amide bonds. The van der Waals surface area contributed by atoms with E-state index in [-0.39, 0.29) is 0 Å². The minimum absolute atomic E-state index is 0.689. The van der Waals surface area contributed by atoms with Crippen molar-refractivity contribution in [3.05, 3.63) is 34.0 Å². The average Bonchev–Trinajstić information content (AvgIpc) is 2.72. The van der Waals surface area contributed by atoms with Gasteiger partial charge in [0.2, 0.25) is 5.95 Å². The van der Waals surface area contributed by atoms with Gasteiger partial charge in [-0.15, -0.1) is 0 Å². The monoisotopic (exact) mass is 313 g/mol. The van der Waals surface area contributed by atoms with E-state index in [1.54, 1.807) is 18.6 Å². The van der Waals surface area contributed by atoms with Crippen LogP contribution >= 0.6 is 27.5 Å². The van der Waals surface area contributed by atoms with Gasteiger partial charge < -0.3 is 9.47 Å². The van der Waals surface area contributed by atoms with Crippen molar-refractivity contribution in [2.75, 3.05) is 11.4 Å². The molecule has 0 bridgehead atoms. The second kappa shape index (κ2) is 4.27. The maximum absolute atomic E-state index is 6.02. The molecule has 0 saturated heterocycles. The van der Waals surface area contributed by atoms with Crippen LogP contribution < -0.4 is 4.90 Å². The number of rotatable bonds is 1. The van der Waals surface area contributed by atoms with Crippen molar-refractivity contribution < 1.29 is 0 Å². The number of nitrogens with zero attached hydrogens (tertiary/aromatic N) is 5. The lowest BCUT2D eigenvalue weighted by Crippen LogP contribution is -2.34. The predicted molar refractivity (Wildman–Crippen MR) is 68.0 cm³/mol. The second-order valence-corrected chi connectivity index (χ2v) is 5.07. The molecule has 3 rings (SSSR count). The van der Waals surface area contributed by atoms with Gasteiger partial charge in [0.25, 0.3) is 0 Å². The van der Waals surface area contributed by atoms with Crippen LogP contribution in [0.3, 0.4) is 0 Å². The van der Waals surface area contributed by atoms with E-state index in [0.29, 0.717) is 11.7 Å². The van der Waals surface area contributed by atoms with Crippen molar-refractivity contribution in [3.63, 3.8) is 0 Å². The third kappa shape index (κ3) is 2.02. The Balaban J connectivity index is 1.86. The van der Waals surface area contributed by atoms with Crippen molar-refractivity contribution in [1.29, 1.82) is 0 Å². The van der Waals surface area contributed by atoms with Crippen molar-refractivity contribution >= 4 is 33.5 Å². The molecule has 1 aliphatic heterocycles. The number of fused-ring (bicyclic) bond motifs is 1. The molecule has 0 unspecified atom stereocenters. The summed E-state index contributed by atoms with van der Waals surface area (Å²) in [6.07, 6.45) is 5.18. The summed E-state index contributed by atoms with van der Waals surface area (Å²) in [5.74, 6) is 1.67. The van der Waals surface area contributed by atoms with Gasteiger partial charge in [-0.25, -0.2) is 15.0 Å². The van der Waals surface area contributed by atoms with Crippen molar-refractivity contribution in [3.8, 4) is 0 Å². The molecule has 0 saturated carbocycles. The molecule has 2 aromatic heterocycles. The van der Waals surface area contributed by atoms with E-state index >= 15 is 0 Å². The molecule has 5 nitrogen and oxygen atoms in total. The molecule has 3 heterocycles. The summed E-state index contributed by atoms with van der Waals surface area (Å²) in [6, 6.07) is 0. The smallest absolute Gasteiger partial charge is 0.225 e. The first kappa shape index (κ1) is 11.0. The molecular weight excluding hydrogens is 306 g/mol. The van der Waals surface area contributed by atoms with E-state index in [0.717, 1.165) is 29.3 Å². The quantitative estimate of drug-likeness (QED) is 0.809. The van der Waals surface area contributed by atoms with Gasteiger partial charge in [-0.2, -0.15) is 0 Å². The van der Waals surface area contributed by atoms with Crippen LogP contribution in [-0.2, 0) is 13.1 Å². The lowest BCUT2D eigenvalue weighted by Gasteiger charge is -2.27. The Labute approximate surface area is 112 Å². The van der Waals surface area contributed by atoms with Crippen molar-refractivity contribution in [2.45, 2.75) is 13.1 Å². The highest BCUT2D eigenvalue weighted by molar-refractivity contribution is 9.10. The van der Waals surface area contributed by atoms with Gasteiger partial charge in [0.1, 0.15) is 11.0 Å². The molecule has 0 spiro atoms. The zero-order chi connectivity index (χ0) is 11.8. The molecular formula is C10H9BrClN5. The molecule has 17 heavy (non-hydrogen) atoms. The van der Waals surface area contributed by atoms with Gasteiger partial charge in [0, 0.05) is 25.5 Å². The predicted octanol–water partition coefficient (Wildman–Crippen LogP) is 2.11. The number of aromatic nitrogens is 4. The van der Waals surface area contributed by atoms with Gasteiger partial charge in [-0.3, -0.25) is 0 Å². The van der Waals surface area contributed by atoms with Crippen LogP contribution in [-0.4, -0.2) is 26.1 Å². The lowest BCUT2D eigenvalue weighted by molar-refractivity contribution is 0.552. The van der Waals surface area contributed by atoms with E-state index in [1.807, 2.05) is 4.57 Å². The maximum atomic E-state index is 6.02. The van der Waals surface area contributed by atoms with E-state index in [1.165, 1.54) is 0 Å². The highest BCUT2D eigenvalue weighted by atomic mass is 79.9. The lowest BCUT2D eigenvalue weighted by atomic mass is 10.4. The molecule has 88 valence electrons. The largest absolute Gasteiger partial charge is 0.332 e. The first-order valence-electron chi connectivity index (χ1n) is 5.16. The van der Waals surface area contributed by atoms with E-state index in [4.69, 9.17) is 11.6 Å². The van der Waals surface area contributed by atoms with Gasteiger partial charge in [-0.05, 0) is 15.9 Å². The van der Waals surface area contributed by atoms with Crippen LogP contribution in [0.4, 0.5) is 5.95 Å². The normalized spacial score (nSPS) is 14.8. The fraction of sp³-hybridized carbons (Fsp3) is 0.300. The van der Waals surface area contributed by atoms with Crippen LogP contribution in [0.15, 0.2) is 23.1 Å². The van der Waals surface area contributed by atoms with Crippen LogP contribution in [0.2, 0.25) is 5.15 Å². The van der Waals surface area contributed by atoms with Gasteiger partial charge in [0.15, 0.2) is 0 Å². The number of hydrogen-bond donors (Lipinski definition) is 0. The fourth-order valence-corrected chi connectivity index (χ4v) is 2.30. The molecule has 0 aliphatic carbocycles. The third-order valence-corrected chi connectivity index (χ3v) is 3.42. The van der Waals surface area contributed by atoms with Gasteiger partial charge in [-0.1, -0.05) is 11.6 Å². The first-order chi connectivity index (χ1) is 8.24. The molecule has 1 aliphatic rings. The summed E-state index contributed by atoms with van der Waals surface area (Å²) >= 11 is 9.34. The Morgan fingerprint density at radius 2 is 1.88 bits per heavy atom. The van der Waals surface area contributed by atoms with Crippen LogP contribution in [0.5, 0.6) is 0 Å². The molecule has 0 radical (unpaired) electrons. The van der Waals surface area contributed by atoms with Crippen LogP contribution in [0, 0.1) is 0 Å². The molecule has 7 heteroatoms. The average molecular weight is 315 g/mol. The Bertz CT molecular complexity index is 538. The standard InChI is InChI=1S/C10H9BrClN5/c11-7-3-14-10(15-4-7)16-1-2-17-8(12)5-13-9(17)6-16/h3-5H,1-2,6H2. The zero-order valence-electron chi connectivity index (χ0n) is 8.85. The highest BCUT2D eigenvalue weighted by Gasteiger charge is 2.20. The molecule has 2 aromatic rings. The van der Waals surface area contributed by atoms with E-state index in [9.17, 15) is 0 Å². The number of hydrogen-bond acceptors (Lipinski definition) is 4. The van der Waals surface area contributed by atoms with E-state index < -0.39 is 0 Å². The number of halogens is 2. The topological polar surface area (TPSA) is 46.8 Å². The SMILES string of the molecule is Clc1cnc2n1CCN(c1ncc(Br)cn1)C2. The Kier molecular flexibility index (Phi) is 2.76. The van der Waals surface area contributed by atoms with Gasteiger partial charge in [0.05, 0.1) is 17.2 Å². The van der Waals surface area contributed by atoms with Crippen molar-refractivity contribution in [2.24, 2.45) is 0 Å². The summed E-state index contributed by atoms with van der Waals surface area (Å²) in [7, 11) is 0. The second-order valence-electron chi connectivity index (χ2n) is 3.77. The molecule has 0 fully saturated rings. The summed E-state index contributed by atoms with van der Waals surface area (Å²) in [5, 5.41) is 0.691. The van der Waals surface area contributed by atoms with Crippen LogP contribution in [0.1, 0.15) is 5.82 Å². The molecule has 0 atom stereocenters. The Hall–Kier alpha value is -1.14.